The van der Waals surface area contributed by atoms with Gasteiger partial charge in [-0.05, 0) is 36.4 Å². The maximum atomic E-state index is 12.3. The summed E-state index contributed by atoms with van der Waals surface area (Å²) < 4.78 is 27.6. The molecule has 0 amide bonds. The van der Waals surface area contributed by atoms with Gasteiger partial charge in [0.1, 0.15) is 18.1 Å². The van der Waals surface area contributed by atoms with Crippen molar-refractivity contribution >= 4 is 19.1 Å². The number of benzene rings is 2. The van der Waals surface area contributed by atoms with E-state index in [1.807, 2.05) is 0 Å². The molecule has 0 aliphatic heterocycles. The lowest BCUT2D eigenvalue weighted by molar-refractivity contribution is -0.384. The summed E-state index contributed by atoms with van der Waals surface area (Å²) in [5.41, 5.74) is 0.269. The van der Waals surface area contributed by atoms with Crippen LogP contribution in [0.25, 0.3) is 0 Å². The molecule has 132 valence electrons. The summed E-state index contributed by atoms with van der Waals surface area (Å²) in [5, 5.41) is 10.6. The predicted molar refractivity (Wildman–Crippen MR) is 90.5 cm³/mol. The normalized spacial score (nSPS) is 12.9. The Bertz CT molecular complexity index is 802. The van der Waals surface area contributed by atoms with Crippen LogP contribution in [-0.4, -0.2) is 31.1 Å². The number of Topliss-reactive ketones (excluding diaryl/α,β-unsaturated/α-hetero) is 1. The number of methoxy groups -OCH3 is 1. The van der Waals surface area contributed by atoms with Crippen LogP contribution in [0.1, 0.15) is 10.4 Å². The number of nitro groups is 1. The van der Waals surface area contributed by atoms with Crippen LogP contribution >= 0.6 is 7.60 Å². The third kappa shape index (κ3) is 5.41. The number of ether oxygens (including phenoxy) is 1. The largest absolute Gasteiger partial charge is 0.497 e. The molecular formula is C16H16NO7P. The van der Waals surface area contributed by atoms with Crippen molar-refractivity contribution in [2.75, 3.05) is 20.4 Å². The van der Waals surface area contributed by atoms with E-state index in [2.05, 4.69) is 0 Å². The lowest BCUT2D eigenvalue weighted by Crippen LogP contribution is -2.09. The first kappa shape index (κ1) is 18.6. The first-order chi connectivity index (χ1) is 11.8. The zero-order valence-electron chi connectivity index (χ0n) is 13.6. The molecule has 2 aromatic rings. The minimum absolute atomic E-state index is 0.117. The van der Waals surface area contributed by atoms with Gasteiger partial charge in [0.05, 0.1) is 12.0 Å². The molecule has 0 N–H and O–H groups in total. The molecule has 0 radical (unpaired) electrons. The Balaban J connectivity index is 1.94. The van der Waals surface area contributed by atoms with E-state index in [0.29, 0.717) is 11.3 Å². The molecule has 25 heavy (non-hydrogen) atoms. The third-order valence-corrected chi connectivity index (χ3v) is 4.30. The van der Waals surface area contributed by atoms with E-state index >= 15 is 0 Å². The molecule has 2 rings (SSSR count). The van der Waals surface area contributed by atoms with E-state index in [-0.39, 0.29) is 17.2 Å². The number of hydrogen-bond acceptors (Lipinski definition) is 7. The Morgan fingerprint density at radius 3 is 2.16 bits per heavy atom. The van der Waals surface area contributed by atoms with E-state index in [9.17, 15) is 19.5 Å². The highest BCUT2D eigenvalue weighted by Crippen LogP contribution is 2.44. The van der Waals surface area contributed by atoms with Gasteiger partial charge in [-0.3, -0.25) is 19.4 Å². The van der Waals surface area contributed by atoms with E-state index in [0.717, 1.165) is 0 Å². The molecule has 0 spiro atoms. The van der Waals surface area contributed by atoms with Crippen molar-refractivity contribution in [3.63, 3.8) is 0 Å². The second-order valence-corrected chi connectivity index (χ2v) is 7.02. The third-order valence-electron chi connectivity index (χ3n) is 3.16. The SMILES string of the molecule is COc1ccc(C(=O)COP(C)(=O)Oc2ccc([N+](=O)[O-])cc2)cc1. The molecule has 0 saturated carbocycles. The molecule has 0 fully saturated rings. The van der Waals surface area contributed by atoms with Gasteiger partial charge in [-0.15, -0.1) is 0 Å². The summed E-state index contributed by atoms with van der Waals surface area (Å²) in [6.45, 7) is 0.794. The minimum atomic E-state index is -3.56. The van der Waals surface area contributed by atoms with Gasteiger partial charge in [0.2, 0.25) is 0 Å². The molecule has 1 atom stereocenters. The Kier molecular flexibility index (Phi) is 5.90. The molecule has 0 aliphatic carbocycles. The van der Waals surface area contributed by atoms with Crippen molar-refractivity contribution in [3.8, 4) is 11.5 Å². The van der Waals surface area contributed by atoms with Crippen molar-refractivity contribution in [2.45, 2.75) is 0 Å². The van der Waals surface area contributed by atoms with Crippen LogP contribution in [-0.2, 0) is 9.09 Å². The van der Waals surface area contributed by atoms with Crippen LogP contribution in [0.4, 0.5) is 5.69 Å². The van der Waals surface area contributed by atoms with Gasteiger partial charge in [0.15, 0.2) is 5.78 Å². The summed E-state index contributed by atoms with van der Waals surface area (Å²) in [6, 6.07) is 11.5. The van der Waals surface area contributed by atoms with Gasteiger partial charge in [-0.25, -0.2) is 4.57 Å². The maximum absolute atomic E-state index is 12.3. The lowest BCUT2D eigenvalue weighted by Gasteiger charge is -2.14. The minimum Gasteiger partial charge on any atom is -0.497 e. The second kappa shape index (κ2) is 7.92. The molecule has 2 aromatic carbocycles. The number of nitrogens with zero attached hydrogens (tertiary/aromatic N) is 1. The monoisotopic (exact) mass is 365 g/mol. The molecular weight excluding hydrogens is 349 g/mol. The van der Waals surface area contributed by atoms with Gasteiger partial charge in [0, 0.05) is 24.4 Å². The maximum Gasteiger partial charge on any atom is 0.376 e. The summed E-state index contributed by atoms with van der Waals surface area (Å²) in [7, 11) is -2.04. The Morgan fingerprint density at radius 1 is 1.08 bits per heavy atom. The van der Waals surface area contributed by atoms with E-state index in [4.69, 9.17) is 13.8 Å². The van der Waals surface area contributed by atoms with Crippen molar-refractivity contribution in [2.24, 2.45) is 0 Å². The molecule has 0 aliphatic rings. The average Bonchev–Trinajstić information content (AvgIpc) is 2.60. The molecule has 8 nitrogen and oxygen atoms in total. The molecule has 0 aromatic heterocycles. The molecule has 0 bridgehead atoms. The molecule has 0 saturated heterocycles. The van der Waals surface area contributed by atoms with Crippen LogP contribution in [0, 0.1) is 10.1 Å². The predicted octanol–water partition coefficient (Wildman–Crippen LogP) is 3.70. The fraction of sp³-hybridized carbons (Fsp3) is 0.188. The van der Waals surface area contributed by atoms with Crippen molar-refractivity contribution in [1.29, 1.82) is 0 Å². The first-order valence-electron chi connectivity index (χ1n) is 7.14. The number of non-ortho nitro benzene ring substituents is 1. The van der Waals surface area contributed by atoms with Gasteiger partial charge in [-0.1, -0.05) is 0 Å². The van der Waals surface area contributed by atoms with Crippen molar-refractivity contribution in [3.05, 3.63) is 64.2 Å². The van der Waals surface area contributed by atoms with E-state index in [1.165, 1.54) is 38.0 Å². The smallest absolute Gasteiger partial charge is 0.376 e. The lowest BCUT2D eigenvalue weighted by atomic mass is 10.1. The summed E-state index contributed by atoms with van der Waals surface area (Å²) >= 11 is 0. The highest BCUT2D eigenvalue weighted by atomic mass is 31.2. The average molecular weight is 365 g/mol. The highest BCUT2D eigenvalue weighted by molar-refractivity contribution is 7.53. The Hall–Kier alpha value is -2.70. The fourth-order valence-electron chi connectivity index (χ4n) is 1.88. The van der Waals surface area contributed by atoms with E-state index < -0.39 is 19.1 Å². The number of carbonyl (C=O) groups excluding carboxylic acids is 1. The van der Waals surface area contributed by atoms with Gasteiger partial charge >= 0.3 is 7.60 Å². The number of carbonyl (C=O) groups is 1. The highest BCUT2D eigenvalue weighted by Gasteiger charge is 2.21. The molecule has 1 unspecified atom stereocenters. The summed E-state index contributed by atoms with van der Waals surface area (Å²) in [5.74, 6) is 0.394. The first-order valence-corrected chi connectivity index (χ1v) is 9.13. The number of hydrogen-bond donors (Lipinski definition) is 0. The van der Waals surface area contributed by atoms with Crippen LogP contribution in [0.15, 0.2) is 48.5 Å². The number of nitro benzene ring substituents is 1. The Labute approximate surface area is 144 Å². The van der Waals surface area contributed by atoms with Gasteiger partial charge < -0.3 is 9.26 Å². The number of rotatable bonds is 8. The van der Waals surface area contributed by atoms with Crippen LogP contribution < -0.4 is 9.26 Å². The zero-order valence-corrected chi connectivity index (χ0v) is 14.5. The second-order valence-electron chi connectivity index (χ2n) is 5.04. The van der Waals surface area contributed by atoms with E-state index in [1.54, 1.807) is 24.3 Å². The fourth-order valence-corrected chi connectivity index (χ4v) is 2.79. The molecule has 9 heteroatoms. The van der Waals surface area contributed by atoms with Crippen molar-refractivity contribution < 1.29 is 28.1 Å². The van der Waals surface area contributed by atoms with Gasteiger partial charge in [0.25, 0.3) is 5.69 Å². The molecule has 0 heterocycles. The van der Waals surface area contributed by atoms with Crippen LogP contribution in [0.2, 0.25) is 0 Å². The van der Waals surface area contributed by atoms with Crippen molar-refractivity contribution in [1.82, 2.24) is 0 Å². The number of ketones is 1. The van der Waals surface area contributed by atoms with Crippen LogP contribution in [0.3, 0.4) is 0 Å². The topological polar surface area (TPSA) is 105 Å². The standard InChI is InChI=1S/C16H16NO7P/c1-22-14-7-3-12(4-8-14)16(18)11-23-25(2,21)24-15-9-5-13(6-10-15)17(19)20/h3-10H,11H2,1-2H3. The summed E-state index contributed by atoms with van der Waals surface area (Å²) in [4.78, 5) is 22.1. The summed E-state index contributed by atoms with van der Waals surface area (Å²) in [6.07, 6.45) is 0. The van der Waals surface area contributed by atoms with Crippen LogP contribution in [0.5, 0.6) is 11.5 Å². The van der Waals surface area contributed by atoms with Gasteiger partial charge in [-0.2, -0.15) is 0 Å². The zero-order chi connectivity index (χ0) is 18.4. The quantitative estimate of drug-likeness (QED) is 0.304. The Morgan fingerprint density at radius 2 is 1.64 bits per heavy atom.